The molecule has 0 amide bonds. The van der Waals surface area contributed by atoms with E-state index in [9.17, 15) is 0 Å². The lowest BCUT2D eigenvalue weighted by molar-refractivity contribution is -0.833. The van der Waals surface area contributed by atoms with Crippen LogP contribution in [-0.4, -0.2) is 23.1 Å². The maximum absolute atomic E-state index is 6.03. The quantitative estimate of drug-likeness (QED) is 0.657. The van der Waals surface area contributed by atoms with Gasteiger partial charge in [-0.3, -0.25) is 4.90 Å². The predicted molar refractivity (Wildman–Crippen MR) is 78.1 cm³/mol. The summed E-state index contributed by atoms with van der Waals surface area (Å²) in [5, 5.41) is 1.08. The van der Waals surface area contributed by atoms with Crippen LogP contribution in [0.15, 0.2) is 35.0 Å². The minimum absolute atomic E-state index is 0. The fourth-order valence-electron chi connectivity index (χ4n) is 3.17. The van der Waals surface area contributed by atoms with Crippen molar-refractivity contribution in [3.8, 4) is 0 Å². The van der Waals surface area contributed by atoms with Crippen molar-refractivity contribution >= 4 is 27.9 Å². The highest BCUT2D eigenvalue weighted by Crippen LogP contribution is 2.28. The molecule has 4 nitrogen and oxygen atoms in total. The van der Waals surface area contributed by atoms with Crippen LogP contribution in [0.25, 0.3) is 22.1 Å². The van der Waals surface area contributed by atoms with E-state index < -0.39 is 0 Å². The van der Waals surface area contributed by atoms with Gasteiger partial charge in [-0.1, -0.05) is 12.1 Å². The highest BCUT2D eigenvalue weighted by atomic mass is 35.5. The van der Waals surface area contributed by atoms with Crippen molar-refractivity contribution < 1.29 is 21.7 Å². The van der Waals surface area contributed by atoms with Crippen LogP contribution in [0, 0.1) is 0 Å². The first-order valence-electron chi connectivity index (χ1n) is 7.41. The summed E-state index contributed by atoms with van der Waals surface area (Å²) in [7, 11) is 0. The van der Waals surface area contributed by atoms with Gasteiger partial charge in [0.1, 0.15) is 17.4 Å². The molecule has 0 atom stereocenters. The SMILES string of the molecule is [Cl-].c1ccc2c(c1)oc1c([NH+]3CCCCCC3)ncnc12. The Hall–Kier alpha value is -1.65. The standard InChI is InChI=1S/C16H17N3O.ClH/c1-2-6-10-19(9-5-1)16-15-14(17-11-18-16)12-7-3-4-8-13(12)20-15;/h3-4,7-8,11H,1-2,5-6,9-10H2;1H. The first-order valence-corrected chi connectivity index (χ1v) is 7.41. The second kappa shape index (κ2) is 6.00. The van der Waals surface area contributed by atoms with Crippen molar-refractivity contribution in [2.24, 2.45) is 0 Å². The number of rotatable bonds is 1. The number of halogens is 1. The average molecular weight is 304 g/mol. The van der Waals surface area contributed by atoms with Crippen molar-refractivity contribution in [3.05, 3.63) is 30.6 Å². The van der Waals surface area contributed by atoms with E-state index in [0.717, 1.165) is 41.0 Å². The third-order valence-corrected chi connectivity index (χ3v) is 4.20. The van der Waals surface area contributed by atoms with Crippen molar-refractivity contribution in [3.63, 3.8) is 0 Å². The molecular formula is C16H18ClN3O. The normalized spacial score (nSPS) is 16.8. The lowest BCUT2D eigenvalue weighted by atomic mass is 10.2. The van der Waals surface area contributed by atoms with Gasteiger partial charge in [-0.15, -0.1) is 0 Å². The number of fused-ring (bicyclic) bond motifs is 3. The van der Waals surface area contributed by atoms with Crippen LogP contribution in [0.5, 0.6) is 0 Å². The number of para-hydroxylation sites is 1. The van der Waals surface area contributed by atoms with Gasteiger partial charge in [0, 0.05) is 5.39 Å². The van der Waals surface area contributed by atoms with Crippen LogP contribution in [0.3, 0.4) is 0 Å². The summed E-state index contributed by atoms with van der Waals surface area (Å²) in [6, 6.07) is 8.09. The molecule has 1 aliphatic rings. The van der Waals surface area contributed by atoms with Crippen LogP contribution in [0.4, 0.5) is 5.82 Å². The summed E-state index contributed by atoms with van der Waals surface area (Å²) in [5.74, 6) is 1.04. The van der Waals surface area contributed by atoms with Gasteiger partial charge in [0.15, 0.2) is 0 Å². The Morgan fingerprint density at radius 3 is 2.52 bits per heavy atom. The first kappa shape index (κ1) is 14.3. The lowest BCUT2D eigenvalue weighted by Crippen LogP contribution is -3.07. The summed E-state index contributed by atoms with van der Waals surface area (Å²) >= 11 is 0. The monoisotopic (exact) mass is 303 g/mol. The zero-order valence-electron chi connectivity index (χ0n) is 11.8. The number of aromatic nitrogens is 2. The summed E-state index contributed by atoms with van der Waals surface area (Å²) < 4.78 is 6.03. The Morgan fingerprint density at radius 1 is 0.952 bits per heavy atom. The van der Waals surface area contributed by atoms with Crippen LogP contribution in [-0.2, 0) is 0 Å². The fourth-order valence-corrected chi connectivity index (χ4v) is 3.17. The number of benzene rings is 1. The van der Waals surface area contributed by atoms with Crippen LogP contribution >= 0.6 is 0 Å². The van der Waals surface area contributed by atoms with E-state index in [0.29, 0.717) is 0 Å². The zero-order valence-corrected chi connectivity index (χ0v) is 12.6. The smallest absolute Gasteiger partial charge is 0.273 e. The van der Waals surface area contributed by atoms with E-state index in [4.69, 9.17) is 4.42 Å². The molecule has 0 bridgehead atoms. The number of hydrogen-bond acceptors (Lipinski definition) is 3. The first-order chi connectivity index (χ1) is 9.93. The summed E-state index contributed by atoms with van der Waals surface area (Å²) in [5.41, 5.74) is 2.71. The molecule has 21 heavy (non-hydrogen) atoms. The lowest BCUT2D eigenvalue weighted by Gasteiger charge is -2.14. The number of nitrogens with one attached hydrogen (secondary N) is 1. The van der Waals surface area contributed by atoms with Crippen LogP contribution in [0.2, 0.25) is 0 Å². The zero-order chi connectivity index (χ0) is 13.4. The fraction of sp³-hybridized carbons (Fsp3) is 0.375. The minimum Gasteiger partial charge on any atom is -1.00 e. The third kappa shape index (κ3) is 2.49. The van der Waals surface area contributed by atoms with Crippen LogP contribution in [0.1, 0.15) is 25.7 Å². The van der Waals surface area contributed by atoms with Gasteiger partial charge in [0.05, 0.1) is 13.1 Å². The molecule has 1 saturated heterocycles. The molecule has 1 fully saturated rings. The van der Waals surface area contributed by atoms with Gasteiger partial charge in [-0.25, -0.2) is 4.98 Å². The van der Waals surface area contributed by atoms with E-state index in [1.54, 1.807) is 6.33 Å². The van der Waals surface area contributed by atoms with E-state index in [2.05, 4.69) is 16.0 Å². The number of nitrogens with zero attached hydrogens (tertiary/aromatic N) is 2. The molecule has 5 heteroatoms. The summed E-state index contributed by atoms with van der Waals surface area (Å²) in [4.78, 5) is 10.4. The molecule has 2 aromatic heterocycles. The highest BCUT2D eigenvalue weighted by molar-refractivity contribution is 6.04. The molecule has 1 aromatic carbocycles. The molecule has 0 saturated carbocycles. The summed E-state index contributed by atoms with van der Waals surface area (Å²) in [6.07, 6.45) is 6.87. The molecule has 1 N–H and O–H groups in total. The molecule has 1 aliphatic heterocycles. The summed E-state index contributed by atoms with van der Waals surface area (Å²) in [6.45, 7) is 2.28. The van der Waals surface area contributed by atoms with Crippen molar-refractivity contribution in [2.75, 3.05) is 13.1 Å². The Balaban J connectivity index is 0.00000132. The van der Waals surface area contributed by atoms with Crippen molar-refractivity contribution in [2.45, 2.75) is 25.7 Å². The van der Waals surface area contributed by atoms with Gasteiger partial charge in [0.2, 0.25) is 5.58 Å². The molecule has 110 valence electrons. The van der Waals surface area contributed by atoms with E-state index in [-0.39, 0.29) is 12.4 Å². The molecule has 0 spiro atoms. The van der Waals surface area contributed by atoms with Gasteiger partial charge in [-0.2, -0.15) is 4.98 Å². The van der Waals surface area contributed by atoms with Crippen molar-refractivity contribution in [1.82, 2.24) is 9.97 Å². The Kier molecular flexibility index (Phi) is 4.08. The number of quaternary nitrogens is 1. The minimum atomic E-state index is 0. The Morgan fingerprint density at radius 2 is 1.71 bits per heavy atom. The molecule has 0 unspecified atom stereocenters. The van der Waals surface area contributed by atoms with E-state index >= 15 is 0 Å². The number of furan rings is 1. The highest BCUT2D eigenvalue weighted by Gasteiger charge is 2.23. The predicted octanol–water partition coefficient (Wildman–Crippen LogP) is -0.530. The third-order valence-electron chi connectivity index (χ3n) is 4.20. The van der Waals surface area contributed by atoms with Gasteiger partial charge < -0.3 is 16.8 Å². The van der Waals surface area contributed by atoms with Gasteiger partial charge >= 0.3 is 0 Å². The molecule has 0 radical (unpaired) electrons. The maximum atomic E-state index is 6.03. The van der Waals surface area contributed by atoms with Crippen molar-refractivity contribution in [1.29, 1.82) is 0 Å². The Bertz CT molecular complexity index is 747. The maximum Gasteiger partial charge on any atom is 0.273 e. The largest absolute Gasteiger partial charge is 1.00 e. The van der Waals surface area contributed by atoms with Crippen LogP contribution < -0.4 is 17.3 Å². The second-order valence-electron chi connectivity index (χ2n) is 5.52. The van der Waals surface area contributed by atoms with E-state index in [1.807, 2.05) is 18.2 Å². The number of hydrogen-bond donors (Lipinski definition) is 1. The molecule has 0 aliphatic carbocycles. The molecule has 3 aromatic rings. The molecule has 4 rings (SSSR count). The van der Waals surface area contributed by atoms with Gasteiger partial charge in [0.25, 0.3) is 5.82 Å². The molecular weight excluding hydrogens is 286 g/mol. The second-order valence-corrected chi connectivity index (χ2v) is 5.52. The molecule has 3 heterocycles. The van der Waals surface area contributed by atoms with E-state index in [1.165, 1.54) is 30.6 Å². The average Bonchev–Trinajstić information content (AvgIpc) is 2.68. The Labute approximate surface area is 129 Å². The van der Waals surface area contributed by atoms with Gasteiger partial charge in [-0.05, 0) is 37.8 Å². The topological polar surface area (TPSA) is 43.4 Å².